The zero-order valence-electron chi connectivity index (χ0n) is 12.0. The number of para-hydroxylation sites is 1. The number of rotatable bonds is 4. The molecular weight excluding hydrogens is 314 g/mol. The minimum absolute atomic E-state index is 0.234. The zero-order chi connectivity index (χ0) is 17.0. The highest BCUT2D eigenvalue weighted by Gasteiger charge is 2.33. The van der Waals surface area contributed by atoms with Gasteiger partial charge in [0.15, 0.2) is 6.10 Å². The molecule has 3 nitrogen and oxygen atoms in total. The number of carbonyl (C=O) groups excluding carboxylic acids is 1. The van der Waals surface area contributed by atoms with E-state index in [1.165, 1.54) is 31.2 Å². The number of halogens is 4. The highest BCUT2D eigenvalue weighted by molar-refractivity contribution is 5.94. The summed E-state index contributed by atoms with van der Waals surface area (Å²) in [7, 11) is 0. The van der Waals surface area contributed by atoms with Crippen molar-refractivity contribution in [3.05, 3.63) is 59.9 Å². The molecule has 1 amide bonds. The number of hydrogen-bond acceptors (Lipinski definition) is 2. The van der Waals surface area contributed by atoms with Gasteiger partial charge in [0.05, 0.1) is 11.3 Å². The Balaban J connectivity index is 2.08. The number of alkyl halides is 3. The predicted molar refractivity (Wildman–Crippen MR) is 76.6 cm³/mol. The monoisotopic (exact) mass is 327 g/mol. The van der Waals surface area contributed by atoms with Crippen molar-refractivity contribution in [2.75, 3.05) is 5.32 Å². The molecule has 0 aromatic heterocycles. The maximum atomic E-state index is 12.9. The fraction of sp³-hybridized carbons (Fsp3) is 0.188. The van der Waals surface area contributed by atoms with E-state index in [9.17, 15) is 22.4 Å². The molecule has 7 heteroatoms. The summed E-state index contributed by atoms with van der Waals surface area (Å²) in [6.45, 7) is 1.38. The Hall–Kier alpha value is -2.57. The van der Waals surface area contributed by atoms with Gasteiger partial charge in [-0.1, -0.05) is 12.1 Å². The van der Waals surface area contributed by atoms with Crippen molar-refractivity contribution in [2.24, 2.45) is 0 Å². The Kier molecular flexibility index (Phi) is 4.88. The Bertz CT molecular complexity index is 683. The molecule has 122 valence electrons. The Morgan fingerprint density at radius 1 is 1.09 bits per heavy atom. The number of nitrogens with one attached hydrogen (secondary N) is 1. The van der Waals surface area contributed by atoms with Crippen molar-refractivity contribution in [3.63, 3.8) is 0 Å². The maximum Gasteiger partial charge on any atom is 0.418 e. The van der Waals surface area contributed by atoms with Crippen LogP contribution in [0.5, 0.6) is 5.75 Å². The molecule has 0 bridgehead atoms. The standard InChI is InChI=1S/C16H13F4NO2/c1-10(23-12-8-6-11(17)7-9-12)15(22)21-14-5-3-2-4-13(14)16(18,19)20/h2-10H,1H3,(H,21,22). The van der Waals surface area contributed by atoms with E-state index in [4.69, 9.17) is 4.74 Å². The van der Waals surface area contributed by atoms with Gasteiger partial charge in [-0.2, -0.15) is 13.2 Å². The predicted octanol–water partition coefficient (Wildman–Crippen LogP) is 4.25. The van der Waals surface area contributed by atoms with E-state index in [-0.39, 0.29) is 11.4 Å². The molecule has 0 spiro atoms. The summed E-state index contributed by atoms with van der Waals surface area (Å²) in [5.74, 6) is -0.974. The lowest BCUT2D eigenvalue weighted by Gasteiger charge is -2.17. The third-order valence-electron chi connectivity index (χ3n) is 2.99. The Labute approximate surface area is 129 Å². The first-order valence-electron chi connectivity index (χ1n) is 6.66. The summed E-state index contributed by atoms with van der Waals surface area (Å²) in [5, 5.41) is 2.19. The molecule has 0 aliphatic rings. The summed E-state index contributed by atoms with van der Waals surface area (Å²) in [6, 6.07) is 9.60. The summed E-state index contributed by atoms with van der Waals surface area (Å²) in [4.78, 5) is 12.0. The van der Waals surface area contributed by atoms with Crippen LogP contribution in [0.25, 0.3) is 0 Å². The van der Waals surface area contributed by atoms with Crippen LogP contribution in [0.3, 0.4) is 0 Å². The average Bonchev–Trinajstić information content (AvgIpc) is 2.49. The smallest absolute Gasteiger partial charge is 0.418 e. The zero-order valence-corrected chi connectivity index (χ0v) is 12.0. The largest absolute Gasteiger partial charge is 0.481 e. The van der Waals surface area contributed by atoms with Gasteiger partial charge < -0.3 is 10.1 Å². The molecule has 0 fully saturated rings. The molecular formula is C16H13F4NO2. The van der Waals surface area contributed by atoms with Gasteiger partial charge in [-0.05, 0) is 43.3 Å². The number of ether oxygens (including phenoxy) is 1. The van der Waals surface area contributed by atoms with Gasteiger partial charge in [0.1, 0.15) is 11.6 Å². The van der Waals surface area contributed by atoms with Crippen molar-refractivity contribution < 1.29 is 27.1 Å². The minimum atomic E-state index is -4.58. The lowest BCUT2D eigenvalue weighted by atomic mass is 10.1. The van der Waals surface area contributed by atoms with Crippen molar-refractivity contribution in [1.29, 1.82) is 0 Å². The quantitative estimate of drug-likeness (QED) is 0.853. The lowest BCUT2D eigenvalue weighted by molar-refractivity contribution is -0.137. The molecule has 0 aliphatic heterocycles. The number of hydrogen-bond donors (Lipinski definition) is 1. The van der Waals surface area contributed by atoms with Gasteiger partial charge in [0.25, 0.3) is 5.91 Å². The number of anilines is 1. The number of carbonyl (C=O) groups is 1. The van der Waals surface area contributed by atoms with Gasteiger partial charge >= 0.3 is 6.18 Å². The highest BCUT2D eigenvalue weighted by atomic mass is 19.4. The molecule has 23 heavy (non-hydrogen) atoms. The molecule has 2 aromatic rings. The van der Waals surface area contributed by atoms with Crippen LogP contribution in [-0.2, 0) is 11.0 Å². The van der Waals surface area contributed by atoms with Crippen molar-refractivity contribution in [1.82, 2.24) is 0 Å². The van der Waals surface area contributed by atoms with Crippen LogP contribution >= 0.6 is 0 Å². The summed E-state index contributed by atoms with van der Waals surface area (Å²) in [5.41, 5.74) is -1.29. The summed E-state index contributed by atoms with van der Waals surface area (Å²) < 4.78 is 56.7. The lowest BCUT2D eigenvalue weighted by Crippen LogP contribution is -2.31. The van der Waals surface area contributed by atoms with E-state index in [1.807, 2.05) is 0 Å². The third-order valence-corrected chi connectivity index (χ3v) is 2.99. The fourth-order valence-corrected chi connectivity index (χ4v) is 1.84. The molecule has 0 radical (unpaired) electrons. The topological polar surface area (TPSA) is 38.3 Å². The van der Waals surface area contributed by atoms with Crippen molar-refractivity contribution in [2.45, 2.75) is 19.2 Å². The van der Waals surface area contributed by atoms with Crippen LogP contribution in [0, 0.1) is 5.82 Å². The third kappa shape index (κ3) is 4.45. The van der Waals surface area contributed by atoms with Crippen molar-refractivity contribution in [3.8, 4) is 5.75 Å². The highest BCUT2D eigenvalue weighted by Crippen LogP contribution is 2.34. The van der Waals surface area contributed by atoms with Gasteiger partial charge in [-0.15, -0.1) is 0 Å². The second-order valence-corrected chi connectivity index (χ2v) is 4.75. The van der Waals surface area contributed by atoms with E-state index in [1.54, 1.807) is 0 Å². The SMILES string of the molecule is CC(Oc1ccc(F)cc1)C(=O)Nc1ccccc1C(F)(F)F. The molecule has 2 aromatic carbocycles. The molecule has 0 heterocycles. The van der Waals surface area contributed by atoms with Crippen LogP contribution in [0.15, 0.2) is 48.5 Å². The van der Waals surface area contributed by atoms with E-state index in [0.717, 1.165) is 24.3 Å². The first-order valence-corrected chi connectivity index (χ1v) is 6.66. The second kappa shape index (κ2) is 6.68. The normalized spacial score (nSPS) is 12.6. The average molecular weight is 327 g/mol. The first-order chi connectivity index (χ1) is 10.8. The van der Waals surface area contributed by atoms with Gasteiger partial charge in [0.2, 0.25) is 0 Å². The number of benzene rings is 2. The fourth-order valence-electron chi connectivity index (χ4n) is 1.84. The van der Waals surface area contributed by atoms with Gasteiger partial charge in [-0.25, -0.2) is 4.39 Å². The van der Waals surface area contributed by atoms with Crippen LogP contribution in [0.1, 0.15) is 12.5 Å². The molecule has 1 unspecified atom stereocenters. The van der Waals surface area contributed by atoms with Crippen LogP contribution < -0.4 is 10.1 Å². The Morgan fingerprint density at radius 2 is 1.70 bits per heavy atom. The Morgan fingerprint density at radius 3 is 2.30 bits per heavy atom. The van der Waals surface area contributed by atoms with E-state index >= 15 is 0 Å². The summed E-state index contributed by atoms with van der Waals surface area (Å²) >= 11 is 0. The molecule has 0 aliphatic carbocycles. The van der Waals surface area contributed by atoms with Crippen LogP contribution in [0.4, 0.5) is 23.2 Å². The minimum Gasteiger partial charge on any atom is -0.481 e. The van der Waals surface area contributed by atoms with Gasteiger partial charge in [-0.3, -0.25) is 4.79 Å². The molecule has 2 rings (SSSR count). The van der Waals surface area contributed by atoms with Crippen LogP contribution in [0.2, 0.25) is 0 Å². The van der Waals surface area contributed by atoms with E-state index in [2.05, 4.69) is 5.32 Å². The summed E-state index contributed by atoms with van der Waals surface area (Å²) in [6.07, 6.45) is -5.63. The first kappa shape index (κ1) is 16.8. The van der Waals surface area contributed by atoms with E-state index in [0.29, 0.717) is 0 Å². The maximum absolute atomic E-state index is 12.9. The van der Waals surface area contributed by atoms with Gasteiger partial charge in [0, 0.05) is 0 Å². The van der Waals surface area contributed by atoms with E-state index < -0.39 is 29.6 Å². The van der Waals surface area contributed by atoms with Crippen LogP contribution in [-0.4, -0.2) is 12.0 Å². The van der Waals surface area contributed by atoms with Crippen molar-refractivity contribution >= 4 is 11.6 Å². The molecule has 0 saturated carbocycles. The second-order valence-electron chi connectivity index (χ2n) is 4.75. The molecule has 1 atom stereocenters. The number of amides is 1. The molecule has 1 N–H and O–H groups in total. The molecule has 0 saturated heterocycles.